The van der Waals surface area contributed by atoms with Crippen molar-refractivity contribution in [2.24, 2.45) is 0 Å². The lowest BCUT2D eigenvalue weighted by Crippen LogP contribution is -2.36. The van der Waals surface area contributed by atoms with Gasteiger partial charge in [0.15, 0.2) is 0 Å². The molecule has 0 aromatic carbocycles. The number of pyridine rings is 1. The fraction of sp³-hybridized carbons (Fsp3) is 0.455. The molecule has 29 heavy (non-hydrogen) atoms. The molecule has 7 nitrogen and oxygen atoms in total. The minimum atomic E-state index is 0.341. The van der Waals surface area contributed by atoms with Crippen LogP contribution in [0.5, 0.6) is 0 Å². The summed E-state index contributed by atoms with van der Waals surface area (Å²) in [6, 6.07) is 6.43. The fourth-order valence-corrected chi connectivity index (χ4v) is 4.19. The van der Waals surface area contributed by atoms with E-state index in [1.54, 1.807) is 0 Å². The number of likely N-dealkylation sites (tertiary alicyclic amines) is 1. The number of rotatable bonds is 5. The van der Waals surface area contributed by atoms with E-state index in [1.807, 2.05) is 31.5 Å². The molecular weight excluding hydrogens is 362 g/mol. The molecule has 0 radical (unpaired) electrons. The number of hydrogen-bond acceptors (Lipinski definition) is 6. The molecule has 0 bridgehead atoms. The molecule has 2 unspecified atom stereocenters. The zero-order valence-electron chi connectivity index (χ0n) is 17.6. The molecule has 4 rings (SSSR count). The van der Waals surface area contributed by atoms with Crippen LogP contribution in [0.15, 0.2) is 30.6 Å². The minimum Gasteiger partial charge on any atom is -0.325 e. The highest BCUT2D eigenvalue weighted by molar-refractivity contribution is 5.52. The summed E-state index contributed by atoms with van der Waals surface area (Å²) in [6.07, 6.45) is 6.14. The SMILES string of the molecule is Cc1ccnc(Nc2cc(C3CCCN(C(C)c4c[nH]nc4C)C3)nc(C)n2)c1. The van der Waals surface area contributed by atoms with E-state index in [4.69, 9.17) is 4.98 Å². The smallest absolute Gasteiger partial charge is 0.135 e. The van der Waals surface area contributed by atoms with Crippen LogP contribution < -0.4 is 5.32 Å². The van der Waals surface area contributed by atoms with Crippen LogP contribution in [-0.4, -0.2) is 43.1 Å². The van der Waals surface area contributed by atoms with E-state index in [0.29, 0.717) is 12.0 Å². The first-order valence-electron chi connectivity index (χ1n) is 10.3. The van der Waals surface area contributed by atoms with Gasteiger partial charge in [-0.25, -0.2) is 15.0 Å². The summed E-state index contributed by atoms with van der Waals surface area (Å²) in [5.74, 6) is 2.80. The number of aryl methyl sites for hydroxylation is 3. The van der Waals surface area contributed by atoms with Gasteiger partial charge in [-0.2, -0.15) is 5.10 Å². The summed E-state index contributed by atoms with van der Waals surface area (Å²) in [6.45, 7) is 10.4. The highest BCUT2D eigenvalue weighted by Crippen LogP contribution is 2.32. The first-order chi connectivity index (χ1) is 14.0. The zero-order chi connectivity index (χ0) is 20.4. The molecule has 4 heterocycles. The number of anilines is 2. The lowest BCUT2D eigenvalue weighted by molar-refractivity contribution is 0.156. The Kier molecular flexibility index (Phi) is 5.58. The highest BCUT2D eigenvalue weighted by atomic mass is 15.2. The van der Waals surface area contributed by atoms with Gasteiger partial charge in [-0.15, -0.1) is 0 Å². The third kappa shape index (κ3) is 4.45. The number of aromatic nitrogens is 5. The monoisotopic (exact) mass is 391 g/mol. The van der Waals surface area contributed by atoms with E-state index in [-0.39, 0.29) is 0 Å². The Morgan fingerprint density at radius 3 is 2.79 bits per heavy atom. The van der Waals surface area contributed by atoms with Crippen molar-refractivity contribution in [1.29, 1.82) is 0 Å². The van der Waals surface area contributed by atoms with Gasteiger partial charge in [0.05, 0.1) is 11.4 Å². The van der Waals surface area contributed by atoms with Crippen molar-refractivity contribution in [2.75, 3.05) is 18.4 Å². The van der Waals surface area contributed by atoms with Crippen LogP contribution in [-0.2, 0) is 0 Å². The van der Waals surface area contributed by atoms with Crippen LogP contribution in [0.3, 0.4) is 0 Å². The van der Waals surface area contributed by atoms with E-state index in [9.17, 15) is 0 Å². The number of nitrogens with one attached hydrogen (secondary N) is 2. The van der Waals surface area contributed by atoms with Gasteiger partial charge < -0.3 is 5.32 Å². The minimum absolute atomic E-state index is 0.341. The molecule has 3 aromatic rings. The van der Waals surface area contributed by atoms with E-state index >= 15 is 0 Å². The largest absolute Gasteiger partial charge is 0.325 e. The van der Waals surface area contributed by atoms with Crippen molar-refractivity contribution in [3.8, 4) is 0 Å². The molecule has 0 aliphatic carbocycles. The third-order valence-electron chi connectivity index (χ3n) is 5.77. The Labute approximate surface area is 172 Å². The summed E-state index contributed by atoms with van der Waals surface area (Å²) in [5.41, 5.74) is 4.63. The van der Waals surface area contributed by atoms with Crippen molar-refractivity contribution < 1.29 is 0 Å². The Morgan fingerprint density at radius 2 is 2.03 bits per heavy atom. The lowest BCUT2D eigenvalue weighted by atomic mass is 9.92. The summed E-state index contributed by atoms with van der Waals surface area (Å²) < 4.78 is 0. The van der Waals surface area contributed by atoms with E-state index in [2.05, 4.69) is 57.2 Å². The standard InChI is InChI=1S/C22H29N7/c1-14-7-8-23-21(10-14)27-22-11-20(25-17(4)26-22)18-6-5-9-29(13-18)16(3)19-12-24-28-15(19)2/h7-8,10-12,16,18H,5-6,9,13H2,1-4H3,(H,24,28)(H,23,25,26,27). The van der Waals surface area contributed by atoms with Crippen LogP contribution in [0, 0.1) is 20.8 Å². The van der Waals surface area contributed by atoms with Crippen molar-refractivity contribution in [3.63, 3.8) is 0 Å². The van der Waals surface area contributed by atoms with Crippen molar-refractivity contribution in [3.05, 3.63) is 58.9 Å². The first-order valence-corrected chi connectivity index (χ1v) is 10.3. The second-order valence-electron chi connectivity index (χ2n) is 8.00. The molecule has 2 atom stereocenters. The Morgan fingerprint density at radius 1 is 1.17 bits per heavy atom. The zero-order valence-corrected chi connectivity index (χ0v) is 17.6. The van der Waals surface area contributed by atoms with Crippen LogP contribution in [0.4, 0.5) is 11.6 Å². The summed E-state index contributed by atoms with van der Waals surface area (Å²) in [7, 11) is 0. The predicted molar refractivity (Wildman–Crippen MR) is 114 cm³/mol. The average molecular weight is 392 g/mol. The highest BCUT2D eigenvalue weighted by Gasteiger charge is 2.27. The molecule has 1 aliphatic heterocycles. The van der Waals surface area contributed by atoms with E-state index in [0.717, 1.165) is 54.8 Å². The number of hydrogen-bond donors (Lipinski definition) is 2. The van der Waals surface area contributed by atoms with Crippen molar-refractivity contribution in [2.45, 2.75) is 52.5 Å². The van der Waals surface area contributed by atoms with Crippen LogP contribution in [0.1, 0.15) is 60.1 Å². The second kappa shape index (κ2) is 8.29. The van der Waals surface area contributed by atoms with E-state index in [1.165, 1.54) is 11.1 Å². The lowest BCUT2D eigenvalue weighted by Gasteiger charge is -2.36. The molecule has 0 saturated carbocycles. The Balaban J connectivity index is 1.53. The van der Waals surface area contributed by atoms with Crippen molar-refractivity contribution in [1.82, 2.24) is 30.0 Å². The van der Waals surface area contributed by atoms with Crippen LogP contribution in [0.2, 0.25) is 0 Å². The van der Waals surface area contributed by atoms with Gasteiger partial charge in [-0.3, -0.25) is 10.00 Å². The Bertz CT molecular complexity index is 981. The topological polar surface area (TPSA) is 82.6 Å². The van der Waals surface area contributed by atoms with Gasteiger partial charge in [0.25, 0.3) is 0 Å². The van der Waals surface area contributed by atoms with Gasteiger partial charge in [0.2, 0.25) is 0 Å². The molecule has 152 valence electrons. The molecule has 2 N–H and O–H groups in total. The number of piperidine rings is 1. The number of nitrogens with zero attached hydrogens (tertiary/aromatic N) is 5. The number of H-pyrrole nitrogens is 1. The van der Waals surface area contributed by atoms with E-state index < -0.39 is 0 Å². The maximum absolute atomic E-state index is 4.77. The maximum Gasteiger partial charge on any atom is 0.135 e. The third-order valence-corrected chi connectivity index (χ3v) is 5.77. The summed E-state index contributed by atoms with van der Waals surface area (Å²) in [4.78, 5) is 16.3. The van der Waals surface area contributed by atoms with Crippen molar-refractivity contribution >= 4 is 11.6 Å². The van der Waals surface area contributed by atoms with Gasteiger partial charge in [-0.05, 0) is 64.8 Å². The van der Waals surface area contributed by atoms with Gasteiger partial charge in [-0.1, -0.05) is 0 Å². The van der Waals surface area contributed by atoms with Crippen LogP contribution >= 0.6 is 0 Å². The van der Waals surface area contributed by atoms with Gasteiger partial charge in [0.1, 0.15) is 17.5 Å². The summed E-state index contributed by atoms with van der Waals surface area (Å²) in [5, 5.41) is 10.6. The second-order valence-corrected chi connectivity index (χ2v) is 8.00. The van der Waals surface area contributed by atoms with Gasteiger partial charge in [0, 0.05) is 42.5 Å². The molecule has 3 aromatic heterocycles. The molecule has 1 fully saturated rings. The summed E-state index contributed by atoms with van der Waals surface area (Å²) >= 11 is 0. The van der Waals surface area contributed by atoms with Gasteiger partial charge >= 0.3 is 0 Å². The molecule has 0 spiro atoms. The average Bonchev–Trinajstić information content (AvgIpc) is 3.13. The molecule has 1 saturated heterocycles. The molecular formula is C22H29N7. The van der Waals surface area contributed by atoms with Crippen LogP contribution in [0.25, 0.3) is 0 Å². The maximum atomic E-state index is 4.77. The first kappa shape index (κ1) is 19.5. The molecule has 7 heteroatoms. The predicted octanol–water partition coefficient (Wildman–Crippen LogP) is 4.20. The fourth-order valence-electron chi connectivity index (χ4n) is 4.19. The Hall–Kier alpha value is -2.80. The normalized spacial score (nSPS) is 18.6. The number of aromatic amines is 1. The molecule has 1 aliphatic rings. The quantitative estimate of drug-likeness (QED) is 0.678. The molecule has 0 amide bonds.